The van der Waals surface area contributed by atoms with E-state index in [4.69, 9.17) is 4.74 Å². The molecule has 0 heterocycles. The third-order valence-corrected chi connectivity index (χ3v) is 8.02. The fourth-order valence-corrected chi connectivity index (χ4v) is 6.34. The molecule has 1 N–H and O–H groups in total. The summed E-state index contributed by atoms with van der Waals surface area (Å²) >= 11 is 0. The second-order valence-electron chi connectivity index (χ2n) is 9.27. The number of Topliss-reactive ketones (excluding diaryl/α,β-unsaturated/α-hetero) is 1. The second kappa shape index (κ2) is 6.24. The van der Waals surface area contributed by atoms with Gasteiger partial charge in [0.2, 0.25) is 5.78 Å². The van der Waals surface area contributed by atoms with Gasteiger partial charge in [-0.1, -0.05) is 37.6 Å². The van der Waals surface area contributed by atoms with Crippen molar-refractivity contribution in [1.82, 2.24) is 0 Å². The van der Waals surface area contributed by atoms with E-state index in [0.717, 1.165) is 19.3 Å². The van der Waals surface area contributed by atoms with Crippen LogP contribution in [0.2, 0.25) is 0 Å². The van der Waals surface area contributed by atoms with Crippen molar-refractivity contribution in [2.45, 2.75) is 52.1 Å². The number of esters is 1. The van der Waals surface area contributed by atoms with Crippen LogP contribution in [0, 0.1) is 28.6 Å². The van der Waals surface area contributed by atoms with E-state index in [2.05, 4.69) is 13.0 Å². The average Bonchev–Trinajstić information content (AvgIpc) is 2.92. The molecule has 0 spiro atoms. The summed E-state index contributed by atoms with van der Waals surface area (Å²) in [6.07, 6.45) is 12.6. The highest BCUT2D eigenvalue weighted by Gasteiger charge is 2.64. The van der Waals surface area contributed by atoms with Crippen molar-refractivity contribution in [1.29, 1.82) is 0 Å². The molecule has 5 nitrogen and oxygen atoms in total. The van der Waals surface area contributed by atoms with Crippen molar-refractivity contribution in [2.75, 3.05) is 6.61 Å². The van der Waals surface area contributed by atoms with E-state index < -0.39 is 22.8 Å². The van der Waals surface area contributed by atoms with Crippen molar-refractivity contribution in [3.63, 3.8) is 0 Å². The minimum atomic E-state index is -1.51. The molecule has 5 heteroatoms. The van der Waals surface area contributed by atoms with Gasteiger partial charge in [0.25, 0.3) is 0 Å². The highest BCUT2D eigenvalue weighted by atomic mass is 16.5. The largest absolute Gasteiger partial charge is 0.458 e. The van der Waals surface area contributed by atoms with Gasteiger partial charge in [-0.2, -0.15) is 0 Å². The molecule has 0 radical (unpaired) electrons. The Balaban J connectivity index is 1.67. The summed E-state index contributed by atoms with van der Waals surface area (Å²) in [5, 5.41) is 11.4. The summed E-state index contributed by atoms with van der Waals surface area (Å²) < 4.78 is 4.89. The summed E-state index contributed by atoms with van der Waals surface area (Å²) in [7, 11) is 0. The maximum Gasteiger partial charge on any atom is 0.303 e. The highest BCUT2D eigenvalue weighted by molar-refractivity contribution is 6.01. The summed E-state index contributed by atoms with van der Waals surface area (Å²) in [6.45, 7) is 5.04. The fourth-order valence-electron chi connectivity index (χ4n) is 6.34. The van der Waals surface area contributed by atoms with Gasteiger partial charge in [-0.3, -0.25) is 14.4 Å². The number of hydrogen-bond acceptors (Lipinski definition) is 5. The van der Waals surface area contributed by atoms with Crippen molar-refractivity contribution in [3.05, 3.63) is 36.0 Å². The van der Waals surface area contributed by atoms with E-state index in [1.54, 1.807) is 12.2 Å². The molecule has 4 rings (SSSR count). The van der Waals surface area contributed by atoms with Gasteiger partial charge in [-0.05, 0) is 55.6 Å². The number of carbonyl (C=O) groups excluding carboxylic acids is 3. The van der Waals surface area contributed by atoms with E-state index >= 15 is 0 Å². The number of hydrogen-bond donors (Lipinski definition) is 1. The van der Waals surface area contributed by atoms with E-state index in [1.165, 1.54) is 12.5 Å². The minimum absolute atomic E-state index is 0.0573. The predicted molar refractivity (Wildman–Crippen MR) is 103 cm³/mol. The molecule has 0 aromatic rings. The molecular weight excluding hydrogens is 356 g/mol. The van der Waals surface area contributed by atoms with Gasteiger partial charge in [-0.25, -0.2) is 0 Å². The van der Waals surface area contributed by atoms with Crippen LogP contribution in [0.3, 0.4) is 0 Å². The lowest BCUT2D eigenvalue weighted by molar-refractivity contribution is -0.159. The van der Waals surface area contributed by atoms with Gasteiger partial charge in [0.1, 0.15) is 5.60 Å². The minimum Gasteiger partial charge on any atom is -0.458 e. The number of allylic oxidation sites excluding steroid dienone is 5. The van der Waals surface area contributed by atoms with E-state index in [1.807, 2.05) is 19.1 Å². The highest BCUT2D eigenvalue weighted by Crippen LogP contribution is 2.64. The van der Waals surface area contributed by atoms with Gasteiger partial charge in [0.05, 0.1) is 0 Å². The molecular formula is C23H28O5. The van der Waals surface area contributed by atoms with Crippen molar-refractivity contribution in [2.24, 2.45) is 28.6 Å². The Labute approximate surface area is 165 Å². The van der Waals surface area contributed by atoms with Crippen LogP contribution in [0.1, 0.15) is 46.5 Å². The Morgan fingerprint density at radius 2 is 2.00 bits per heavy atom. The molecule has 0 aliphatic heterocycles. The molecule has 28 heavy (non-hydrogen) atoms. The molecule has 2 fully saturated rings. The lowest BCUT2D eigenvalue weighted by Crippen LogP contribution is -2.56. The number of carbonyl (C=O) groups is 3. The van der Waals surface area contributed by atoms with Crippen LogP contribution in [0.15, 0.2) is 36.0 Å². The summed E-state index contributed by atoms with van der Waals surface area (Å²) in [5.41, 5.74) is -1.17. The molecule has 6 atom stereocenters. The molecule has 0 aromatic carbocycles. The first-order valence-electron chi connectivity index (χ1n) is 10.1. The first kappa shape index (κ1) is 19.3. The molecule has 4 aliphatic rings. The molecule has 0 amide bonds. The topological polar surface area (TPSA) is 80.7 Å². The Hall–Kier alpha value is -2.01. The second-order valence-corrected chi connectivity index (χ2v) is 9.27. The van der Waals surface area contributed by atoms with Crippen molar-refractivity contribution >= 4 is 17.5 Å². The first-order valence-corrected chi connectivity index (χ1v) is 10.1. The van der Waals surface area contributed by atoms with Gasteiger partial charge < -0.3 is 9.84 Å². The first-order chi connectivity index (χ1) is 13.1. The van der Waals surface area contributed by atoms with Crippen LogP contribution >= 0.6 is 0 Å². The molecule has 0 unspecified atom stereocenters. The van der Waals surface area contributed by atoms with Crippen LogP contribution < -0.4 is 0 Å². The normalized spacial score (nSPS) is 43.6. The zero-order chi connectivity index (χ0) is 20.3. The molecule has 2 saturated carbocycles. The van der Waals surface area contributed by atoms with E-state index in [0.29, 0.717) is 12.3 Å². The number of ether oxygens (including phenoxy) is 1. The number of fused-ring (bicyclic) bond motifs is 5. The van der Waals surface area contributed by atoms with Gasteiger partial charge in [0, 0.05) is 17.8 Å². The smallest absolute Gasteiger partial charge is 0.303 e. The van der Waals surface area contributed by atoms with Crippen molar-refractivity contribution in [3.8, 4) is 0 Å². The average molecular weight is 384 g/mol. The lowest BCUT2D eigenvalue weighted by atomic mass is 9.50. The lowest BCUT2D eigenvalue weighted by Gasteiger charge is -2.54. The van der Waals surface area contributed by atoms with Crippen LogP contribution in [0.4, 0.5) is 0 Å². The van der Waals surface area contributed by atoms with Gasteiger partial charge in [-0.15, -0.1) is 0 Å². The summed E-state index contributed by atoms with van der Waals surface area (Å²) in [5.74, 6) is -0.109. The number of aliphatic hydroxyl groups is 1. The van der Waals surface area contributed by atoms with E-state index in [-0.39, 0.29) is 29.6 Å². The zero-order valence-electron chi connectivity index (χ0n) is 16.7. The molecule has 0 aromatic heterocycles. The van der Waals surface area contributed by atoms with E-state index in [9.17, 15) is 19.5 Å². The Kier molecular flexibility index (Phi) is 4.31. The van der Waals surface area contributed by atoms with Gasteiger partial charge in [0.15, 0.2) is 12.4 Å². The number of rotatable bonds is 3. The van der Waals surface area contributed by atoms with Crippen LogP contribution in [0.5, 0.6) is 0 Å². The summed E-state index contributed by atoms with van der Waals surface area (Å²) in [6, 6.07) is 0. The Bertz CT molecular complexity index is 836. The molecule has 0 saturated heterocycles. The fraction of sp³-hybridized carbons (Fsp3) is 0.609. The van der Waals surface area contributed by atoms with Crippen molar-refractivity contribution < 1.29 is 24.2 Å². The molecule has 150 valence electrons. The third-order valence-electron chi connectivity index (χ3n) is 8.02. The number of ketones is 2. The maximum absolute atomic E-state index is 12.8. The van der Waals surface area contributed by atoms with Crippen LogP contribution in [0.25, 0.3) is 0 Å². The molecule has 4 aliphatic carbocycles. The SMILES string of the molecule is CC(=O)OCC(=O)[C@@]1(O)CC[C@@H]2[C@@H]3CCC4=CC(=O)C=C[C@@]4(C)[C@@H]3C=C[C@@]21C. The van der Waals surface area contributed by atoms with Crippen LogP contribution in [-0.2, 0) is 19.1 Å². The van der Waals surface area contributed by atoms with Gasteiger partial charge >= 0.3 is 5.97 Å². The monoisotopic (exact) mass is 384 g/mol. The summed E-state index contributed by atoms with van der Waals surface area (Å²) in [4.78, 5) is 35.7. The standard InChI is InChI=1S/C23H28O5/c1-14(24)28-13-20(26)23(27)11-8-19-17-5-4-15-12-16(25)6-9-21(15,2)18(17)7-10-22(19,23)3/h6-7,9-10,12,17-19,27H,4-5,8,11,13H2,1-3H3/t17-,18-,19-,21-,22+,23+/m1/s1. The Morgan fingerprint density at radius 3 is 2.71 bits per heavy atom. The predicted octanol–water partition coefficient (Wildman–Crippen LogP) is 2.93. The Morgan fingerprint density at radius 1 is 1.25 bits per heavy atom. The third kappa shape index (κ3) is 2.52. The quantitative estimate of drug-likeness (QED) is 0.598. The van der Waals surface area contributed by atoms with Crippen LogP contribution in [-0.4, -0.2) is 34.9 Å². The zero-order valence-corrected chi connectivity index (χ0v) is 16.7. The maximum atomic E-state index is 12.8. The molecule has 0 bridgehead atoms.